The number of amides is 1. The first-order valence-electron chi connectivity index (χ1n) is 7.23. The van der Waals surface area contributed by atoms with Gasteiger partial charge in [0.1, 0.15) is 5.75 Å². The topological polar surface area (TPSA) is 51.2 Å². The number of benzene rings is 2. The summed E-state index contributed by atoms with van der Waals surface area (Å²) < 4.78 is 32.4. The third-order valence-electron chi connectivity index (χ3n) is 3.42. The molecule has 124 valence electrons. The number of carbonyl (C=O) groups is 1. The molecule has 3 rings (SSSR count). The molecule has 2 aromatic carbocycles. The predicted octanol–water partition coefficient (Wildman–Crippen LogP) is 4.29. The zero-order valence-corrected chi connectivity index (χ0v) is 13.8. The summed E-state index contributed by atoms with van der Waals surface area (Å²) in [5.41, 5.74) is 1.86. The maximum absolute atomic E-state index is 13.2. The second-order valence-corrected chi connectivity index (χ2v) is 6.30. The minimum absolute atomic E-state index is 0.0803. The Bertz CT molecular complexity index is 911. The molecule has 0 bridgehead atoms. The second kappa shape index (κ2) is 6.52. The van der Waals surface area contributed by atoms with Gasteiger partial charge < -0.3 is 4.74 Å². The van der Waals surface area contributed by atoms with Crippen LogP contribution in [-0.2, 0) is 4.79 Å². The van der Waals surface area contributed by atoms with Gasteiger partial charge in [-0.3, -0.25) is 10.1 Å². The van der Waals surface area contributed by atoms with Gasteiger partial charge in [-0.1, -0.05) is 23.5 Å². The number of aryl methyl sites for hydroxylation is 1. The minimum Gasteiger partial charge on any atom is -0.481 e. The second-order valence-electron chi connectivity index (χ2n) is 5.27. The monoisotopic (exact) mass is 348 g/mol. The molecule has 1 unspecified atom stereocenters. The van der Waals surface area contributed by atoms with Crippen molar-refractivity contribution in [2.75, 3.05) is 5.32 Å². The molecule has 0 aliphatic rings. The van der Waals surface area contributed by atoms with E-state index in [1.54, 1.807) is 0 Å². The molecule has 1 atom stereocenters. The Labute approximate surface area is 141 Å². The van der Waals surface area contributed by atoms with E-state index in [2.05, 4.69) is 10.3 Å². The van der Waals surface area contributed by atoms with Crippen LogP contribution in [0.15, 0.2) is 36.4 Å². The highest BCUT2D eigenvalue weighted by Crippen LogP contribution is 2.28. The number of rotatable bonds is 4. The highest BCUT2D eigenvalue weighted by molar-refractivity contribution is 7.22. The highest BCUT2D eigenvalue weighted by atomic mass is 32.1. The normalized spacial score (nSPS) is 12.2. The molecule has 1 amide bonds. The number of aromatic nitrogens is 1. The summed E-state index contributed by atoms with van der Waals surface area (Å²) in [6, 6.07) is 8.92. The Morgan fingerprint density at radius 1 is 1.25 bits per heavy atom. The van der Waals surface area contributed by atoms with Gasteiger partial charge in [-0.05, 0) is 37.6 Å². The van der Waals surface area contributed by atoms with Crippen molar-refractivity contribution < 1.29 is 18.3 Å². The molecule has 0 saturated carbocycles. The zero-order valence-electron chi connectivity index (χ0n) is 13.0. The van der Waals surface area contributed by atoms with Crippen LogP contribution in [0.3, 0.4) is 0 Å². The zero-order chi connectivity index (χ0) is 17.3. The van der Waals surface area contributed by atoms with E-state index in [9.17, 15) is 13.6 Å². The van der Waals surface area contributed by atoms with Crippen molar-refractivity contribution in [3.05, 3.63) is 53.6 Å². The molecule has 24 heavy (non-hydrogen) atoms. The summed E-state index contributed by atoms with van der Waals surface area (Å²) in [4.78, 5) is 16.6. The number of fused-ring (bicyclic) bond motifs is 1. The fraction of sp³-hybridized carbons (Fsp3) is 0.176. The van der Waals surface area contributed by atoms with E-state index in [4.69, 9.17) is 4.74 Å². The van der Waals surface area contributed by atoms with Gasteiger partial charge in [0.15, 0.2) is 22.9 Å². The van der Waals surface area contributed by atoms with Crippen LogP contribution in [0, 0.1) is 18.6 Å². The molecular formula is C17H14F2N2O2S. The Hall–Kier alpha value is -2.54. The van der Waals surface area contributed by atoms with Crippen LogP contribution in [-0.4, -0.2) is 17.0 Å². The number of hydrogen-bond donors (Lipinski definition) is 1. The number of carbonyl (C=O) groups excluding carboxylic acids is 1. The number of para-hydroxylation sites is 1. The third-order valence-corrected chi connectivity index (χ3v) is 4.36. The lowest BCUT2D eigenvalue weighted by Gasteiger charge is -2.13. The first-order valence-corrected chi connectivity index (χ1v) is 8.04. The Morgan fingerprint density at radius 3 is 2.75 bits per heavy atom. The number of nitrogens with zero attached hydrogens (tertiary/aromatic N) is 1. The average molecular weight is 348 g/mol. The van der Waals surface area contributed by atoms with Gasteiger partial charge in [0.2, 0.25) is 0 Å². The van der Waals surface area contributed by atoms with Gasteiger partial charge in [0.05, 0.1) is 10.2 Å². The molecule has 0 radical (unpaired) electrons. The third kappa shape index (κ3) is 3.35. The van der Waals surface area contributed by atoms with Crippen molar-refractivity contribution in [3.63, 3.8) is 0 Å². The lowest BCUT2D eigenvalue weighted by atomic mass is 10.2. The minimum atomic E-state index is -1.03. The lowest BCUT2D eigenvalue weighted by molar-refractivity contribution is -0.122. The van der Waals surface area contributed by atoms with Crippen LogP contribution in [0.25, 0.3) is 10.2 Å². The van der Waals surface area contributed by atoms with Gasteiger partial charge in [0, 0.05) is 6.07 Å². The van der Waals surface area contributed by atoms with Crippen LogP contribution in [0.5, 0.6) is 5.75 Å². The van der Waals surface area contributed by atoms with Gasteiger partial charge >= 0.3 is 0 Å². The number of hydrogen-bond acceptors (Lipinski definition) is 4. The van der Waals surface area contributed by atoms with Gasteiger partial charge in [-0.2, -0.15) is 0 Å². The SMILES string of the molecule is Cc1cccc2sc(NC(=O)C(C)Oc3ccc(F)c(F)c3)nc12. The van der Waals surface area contributed by atoms with E-state index in [1.807, 2.05) is 25.1 Å². The average Bonchev–Trinajstić information content (AvgIpc) is 2.95. The first-order chi connectivity index (χ1) is 11.4. The summed E-state index contributed by atoms with van der Waals surface area (Å²) >= 11 is 1.36. The summed E-state index contributed by atoms with van der Waals surface area (Å²) in [6.07, 6.45) is -0.886. The summed E-state index contributed by atoms with van der Waals surface area (Å²) in [6.45, 7) is 3.47. The van der Waals surface area contributed by atoms with Gasteiger partial charge in [0.25, 0.3) is 5.91 Å². The number of thiazole rings is 1. The Balaban J connectivity index is 1.70. The molecule has 0 saturated heterocycles. The molecule has 4 nitrogen and oxygen atoms in total. The number of halogens is 2. The van der Waals surface area contributed by atoms with E-state index >= 15 is 0 Å². The molecule has 7 heteroatoms. The molecule has 0 aliphatic heterocycles. The summed E-state index contributed by atoms with van der Waals surface area (Å²) in [7, 11) is 0. The van der Waals surface area contributed by atoms with Gasteiger partial charge in [-0.15, -0.1) is 0 Å². The molecule has 1 heterocycles. The van der Waals surface area contributed by atoms with E-state index in [-0.39, 0.29) is 5.75 Å². The van der Waals surface area contributed by atoms with Crippen LogP contribution in [0.1, 0.15) is 12.5 Å². The van der Waals surface area contributed by atoms with Crippen molar-refractivity contribution in [1.29, 1.82) is 0 Å². The predicted molar refractivity (Wildman–Crippen MR) is 89.4 cm³/mol. The lowest BCUT2D eigenvalue weighted by Crippen LogP contribution is -2.30. The highest BCUT2D eigenvalue weighted by Gasteiger charge is 2.18. The summed E-state index contributed by atoms with van der Waals surface area (Å²) in [5.74, 6) is -2.33. The van der Waals surface area contributed by atoms with Crippen LogP contribution in [0.2, 0.25) is 0 Å². The van der Waals surface area contributed by atoms with Crippen molar-refractivity contribution in [2.45, 2.75) is 20.0 Å². The number of anilines is 1. The van der Waals surface area contributed by atoms with Crippen molar-refractivity contribution >= 4 is 32.6 Å². The number of nitrogens with one attached hydrogen (secondary N) is 1. The van der Waals surface area contributed by atoms with Gasteiger partial charge in [-0.25, -0.2) is 13.8 Å². The maximum Gasteiger partial charge on any atom is 0.266 e. The maximum atomic E-state index is 13.2. The summed E-state index contributed by atoms with van der Waals surface area (Å²) in [5, 5.41) is 3.14. The molecule has 1 aromatic heterocycles. The molecule has 0 spiro atoms. The van der Waals surface area contributed by atoms with Crippen molar-refractivity contribution in [2.24, 2.45) is 0 Å². The van der Waals surface area contributed by atoms with Crippen LogP contribution < -0.4 is 10.1 Å². The molecule has 1 N–H and O–H groups in total. The van der Waals surface area contributed by atoms with Crippen molar-refractivity contribution in [3.8, 4) is 5.75 Å². The molecule has 3 aromatic rings. The molecule has 0 fully saturated rings. The first kappa shape index (κ1) is 16.3. The fourth-order valence-electron chi connectivity index (χ4n) is 2.15. The Kier molecular flexibility index (Phi) is 4.44. The fourth-order valence-corrected chi connectivity index (χ4v) is 3.10. The largest absolute Gasteiger partial charge is 0.481 e. The number of ether oxygens (including phenoxy) is 1. The van der Waals surface area contributed by atoms with E-state index in [0.717, 1.165) is 27.9 Å². The van der Waals surface area contributed by atoms with E-state index in [0.29, 0.717) is 5.13 Å². The molecular weight excluding hydrogens is 334 g/mol. The smallest absolute Gasteiger partial charge is 0.266 e. The van der Waals surface area contributed by atoms with Crippen LogP contribution >= 0.6 is 11.3 Å². The quantitative estimate of drug-likeness (QED) is 0.765. The Morgan fingerprint density at radius 2 is 2.04 bits per heavy atom. The van der Waals surface area contributed by atoms with Crippen LogP contribution in [0.4, 0.5) is 13.9 Å². The van der Waals surface area contributed by atoms with Crippen molar-refractivity contribution in [1.82, 2.24) is 4.98 Å². The van der Waals surface area contributed by atoms with E-state index < -0.39 is 23.6 Å². The standard InChI is InChI=1S/C17H14F2N2O2S/c1-9-4-3-5-14-15(9)20-17(24-14)21-16(22)10(2)23-11-6-7-12(18)13(19)8-11/h3-8,10H,1-2H3,(H,20,21,22). The van der Waals surface area contributed by atoms with E-state index in [1.165, 1.54) is 24.3 Å². The molecule has 0 aliphatic carbocycles.